The molecule has 2 heterocycles. The lowest BCUT2D eigenvalue weighted by molar-refractivity contribution is -0.137. The molecule has 1 amide bonds. The van der Waals surface area contributed by atoms with E-state index in [1.54, 1.807) is 6.20 Å². The van der Waals surface area contributed by atoms with Gasteiger partial charge in [0.15, 0.2) is 0 Å². The first-order chi connectivity index (χ1) is 13.4. The first-order valence-electron chi connectivity index (χ1n) is 9.23. The Kier molecular flexibility index (Phi) is 4.75. The van der Waals surface area contributed by atoms with E-state index in [0.29, 0.717) is 5.69 Å². The average Bonchev–Trinajstić information content (AvgIpc) is 3.31. The smallest absolute Gasteiger partial charge is 0.370 e. The van der Waals surface area contributed by atoms with E-state index in [4.69, 9.17) is 0 Å². The van der Waals surface area contributed by atoms with Gasteiger partial charge in [0.2, 0.25) is 5.91 Å². The number of carbonyl (C=O) groups is 1. The fourth-order valence-electron chi connectivity index (χ4n) is 3.69. The van der Waals surface area contributed by atoms with Gasteiger partial charge in [0, 0.05) is 30.2 Å². The number of benzene rings is 2. The van der Waals surface area contributed by atoms with Crippen LogP contribution in [0.1, 0.15) is 24.0 Å². The fraction of sp³-hybridized carbons (Fsp3) is 0.286. The van der Waals surface area contributed by atoms with Gasteiger partial charge in [0.05, 0.1) is 23.4 Å². The molecule has 0 atom stereocenters. The van der Waals surface area contributed by atoms with E-state index in [1.165, 1.54) is 6.07 Å². The second-order valence-corrected chi connectivity index (χ2v) is 7.01. The highest BCUT2D eigenvalue weighted by Gasteiger charge is 2.32. The van der Waals surface area contributed by atoms with Crippen LogP contribution >= 0.6 is 0 Å². The predicted octanol–water partition coefficient (Wildman–Crippen LogP) is 4.97. The minimum Gasteiger partial charge on any atom is -0.370 e. The number of para-hydroxylation sites is 1. The van der Waals surface area contributed by atoms with E-state index in [2.05, 4.69) is 10.3 Å². The van der Waals surface area contributed by atoms with E-state index in [0.717, 1.165) is 54.5 Å². The van der Waals surface area contributed by atoms with Gasteiger partial charge in [-0.25, -0.2) is 0 Å². The van der Waals surface area contributed by atoms with Gasteiger partial charge in [0.1, 0.15) is 0 Å². The number of halogens is 3. The maximum atomic E-state index is 13.2. The number of carbonyl (C=O) groups excluding carboxylic acids is 1. The standard InChI is InChI=1S/C21H20F3N3O/c22-21(23,24)15-7-8-19(27-9-3-4-10-27)18(12-15)26-20(28)11-14-13-25-17-6-2-1-5-16(14)17/h1-2,5-8,12-13,25H,3-4,9-11H2,(H,26,28). The molecule has 0 bridgehead atoms. The largest absolute Gasteiger partial charge is 0.416 e. The molecule has 2 N–H and O–H groups in total. The summed E-state index contributed by atoms with van der Waals surface area (Å²) >= 11 is 0. The molecule has 1 aliphatic rings. The number of amides is 1. The van der Waals surface area contributed by atoms with E-state index in [9.17, 15) is 18.0 Å². The predicted molar refractivity (Wildman–Crippen MR) is 104 cm³/mol. The van der Waals surface area contributed by atoms with Crippen molar-refractivity contribution in [3.63, 3.8) is 0 Å². The van der Waals surface area contributed by atoms with Gasteiger partial charge in [-0.05, 0) is 42.7 Å². The number of aromatic amines is 1. The highest BCUT2D eigenvalue weighted by atomic mass is 19.4. The van der Waals surface area contributed by atoms with Crippen molar-refractivity contribution >= 4 is 28.2 Å². The maximum Gasteiger partial charge on any atom is 0.416 e. The Morgan fingerprint density at radius 1 is 1.11 bits per heavy atom. The third kappa shape index (κ3) is 3.69. The Labute approximate surface area is 160 Å². The third-order valence-corrected chi connectivity index (χ3v) is 5.07. The molecule has 0 radical (unpaired) electrons. The number of hydrogen-bond acceptors (Lipinski definition) is 2. The molecule has 1 aromatic heterocycles. The SMILES string of the molecule is O=C(Cc1c[nH]c2ccccc12)Nc1cc(C(F)(F)F)ccc1N1CCCC1. The molecule has 3 aromatic rings. The maximum absolute atomic E-state index is 13.2. The van der Waals surface area contributed by atoms with Gasteiger partial charge in [-0.3, -0.25) is 4.79 Å². The highest BCUT2D eigenvalue weighted by Crippen LogP contribution is 2.36. The number of aromatic nitrogens is 1. The molecule has 2 aromatic carbocycles. The number of anilines is 2. The van der Waals surface area contributed by atoms with E-state index in [-0.39, 0.29) is 18.0 Å². The molecule has 4 nitrogen and oxygen atoms in total. The van der Waals surface area contributed by atoms with Crippen LogP contribution in [-0.2, 0) is 17.4 Å². The number of alkyl halides is 3. The van der Waals surface area contributed by atoms with Crippen molar-refractivity contribution in [1.29, 1.82) is 0 Å². The first kappa shape index (κ1) is 18.4. The topological polar surface area (TPSA) is 48.1 Å². The highest BCUT2D eigenvalue weighted by molar-refractivity contribution is 5.98. The van der Waals surface area contributed by atoms with Gasteiger partial charge >= 0.3 is 6.18 Å². The Morgan fingerprint density at radius 3 is 2.61 bits per heavy atom. The molecule has 1 fully saturated rings. The Morgan fingerprint density at radius 2 is 1.86 bits per heavy atom. The van der Waals surface area contributed by atoms with Gasteiger partial charge < -0.3 is 15.2 Å². The van der Waals surface area contributed by atoms with Crippen molar-refractivity contribution in [3.8, 4) is 0 Å². The van der Waals surface area contributed by atoms with Crippen molar-refractivity contribution < 1.29 is 18.0 Å². The quantitative estimate of drug-likeness (QED) is 0.664. The summed E-state index contributed by atoms with van der Waals surface area (Å²) in [6, 6.07) is 11.2. The van der Waals surface area contributed by atoms with Crippen molar-refractivity contribution in [3.05, 3.63) is 59.8 Å². The number of H-pyrrole nitrogens is 1. The summed E-state index contributed by atoms with van der Waals surface area (Å²) in [5, 5.41) is 3.64. The van der Waals surface area contributed by atoms with Crippen LogP contribution in [0.4, 0.5) is 24.5 Å². The zero-order chi connectivity index (χ0) is 19.7. The number of nitrogens with zero attached hydrogens (tertiary/aromatic N) is 1. The second kappa shape index (κ2) is 7.22. The van der Waals surface area contributed by atoms with Crippen molar-refractivity contribution in [2.24, 2.45) is 0 Å². The molecule has 1 aliphatic heterocycles. The molecule has 146 valence electrons. The van der Waals surface area contributed by atoms with Crippen LogP contribution in [0.15, 0.2) is 48.7 Å². The summed E-state index contributed by atoms with van der Waals surface area (Å²) in [5.74, 6) is -0.343. The van der Waals surface area contributed by atoms with Gasteiger partial charge in [-0.2, -0.15) is 13.2 Å². The summed E-state index contributed by atoms with van der Waals surface area (Å²) in [6.07, 6.45) is -0.634. The molecule has 7 heteroatoms. The molecule has 0 aliphatic carbocycles. The minimum atomic E-state index is -4.46. The Hall–Kier alpha value is -2.96. The van der Waals surface area contributed by atoms with Gasteiger partial charge in [-0.1, -0.05) is 18.2 Å². The molecular formula is C21H20F3N3O. The lowest BCUT2D eigenvalue weighted by atomic mass is 10.1. The lowest BCUT2D eigenvalue weighted by Gasteiger charge is -2.23. The second-order valence-electron chi connectivity index (χ2n) is 7.01. The van der Waals surface area contributed by atoms with Crippen LogP contribution in [0.2, 0.25) is 0 Å². The van der Waals surface area contributed by atoms with Crippen LogP contribution in [0.3, 0.4) is 0 Å². The summed E-state index contributed by atoms with van der Waals surface area (Å²) in [5.41, 5.74) is 1.81. The minimum absolute atomic E-state index is 0.0830. The van der Waals surface area contributed by atoms with Crippen molar-refractivity contribution in [1.82, 2.24) is 4.98 Å². The molecule has 1 saturated heterocycles. The fourth-order valence-corrected chi connectivity index (χ4v) is 3.69. The van der Waals surface area contributed by atoms with Crippen molar-refractivity contribution in [2.45, 2.75) is 25.4 Å². The molecule has 28 heavy (non-hydrogen) atoms. The Bertz CT molecular complexity index is 1000. The van der Waals surface area contributed by atoms with Gasteiger partial charge in [-0.15, -0.1) is 0 Å². The Balaban J connectivity index is 1.60. The monoisotopic (exact) mass is 387 g/mol. The number of fused-ring (bicyclic) bond motifs is 1. The average molecular weight is 387 g/mol. The molecular weight excluding hydrogens is 367 g/mol. The van der Waals surface area contributed by atoms with Crippen LogP contribution in [0.25, 0.3) is 10.9 Å². The van der Waals surface area contributed by atoms with E-state index >= 15 is 0 Å². The zero-order valence-corrected chi connectivity index (χ0v) is 15.1. The first-order valence-corrected chi connectivity index (χ1v) is 9.23. The van der Waals surface area contributed by atoms with Crippen LogP contribution in [0.5, 0.6) is 0 Å². The third-order valence-electron chi connectivity index (χ3n) is 5.07. The molecule has 0 unspecified atom stereocenters. The molecule has 4 rings (SSSR count). The van der Waals surface area contributed by atoms with E-state index in [1.807, 2.05) is 29.2 Å². The summed E-state index contributed by atoms with van der Waals surface area (Å²) < 4.78 is 39.5. The normalized spacial score (nSPS) is 14.6. The number of nitrogens with one attached hydrogen (secondary N) is 2. The molecule has 0 saturated carbocycles. The van der Waals surface area contributed by atoms with Gasteiger partial charge in [0.25, 0.3) is 0 Å². The number of rotatable bonds is 4. The summed E-state index contributed by atoms with van der Waals surface area (Å²) in [7, 11) is 0. The summed E-state index contributed by atoms with van der Waals surface area (Å²) in [6.45, 7) is 1.55. The lowest BCUT2D eigenvalue weighted by Crippen LogP contribution is -2.22. The van der Waals surface area contributed by atoms with E-state index < -0.39 is 11.7 Å². The van der Waals surface area contributed by atoms with Crippen LogP contribution < -0.4 is 10.2 Å². The van der Waals surface area contributed by atoms with Crippen LogP contribution in [0, 0.1) is 0 Å². The summed E-state index contributed by atoms with van der Waals surface area (Å²) in [4.78, 5) is 17.7. The van der Waals surface area contributed by atoms with Crippen molar-refractivity contribution in [2.75, 3.05) is 23.3 Å². The molecule has 0 spiro atoms. The van der Waals surface area contributed by atoms with Crippen LogP contribution in [-0.4, -0.2) is 24.0 Å². The zero-order valence-electron chi connectivity index (χ0n) is 15.1. The number of hydrogen-bond donors (Lipinski definition) is 2.